The third-order valence-corrected chi connectivity index (χ3v) is 6.41. The Balaban J connectivity index is 1.65. The van der Waals surface area contributed by atoms with Gasteiger partial charge in [-0.25, -0.2) is 9.79 Å². The predicted octanol–water partition coefficient (Wildman–Crippen LogP) is 6.34. The second kappa shape index (κ2) is 9.39. The zero-order valence-corrected chi connectivity index (χ0v) is 19.3. The van der Waals surface area contributed by atoms with E-state index < -0.39 is 0 Å². The molecule has 0 aliphatic carbocycles. The van der Waals surface area contributed by atoms with Crippen molar-refractivity contribution in [3.8, 4) is 5.75 Å². The highest BCUT2D eigenvalue weighted by Gasteiger charge is 2.37. The minimum absolute atomic E-state index is 0.235. The van der Waals surface area contributed by atoms with Crippen LogP contribution in [0.5, 0.6) is 5.75 Å². The highest BCUT2D eigenvalue weighted by atomic mass is 35.5. The van der Waals surface area contributed by atoms with Crippen LogP contribution in [0.25, 0.3) is 0 Å². The summed E-state index contributed by atoms with van der Waals surface area (Å²) in [5.41, 5.74) is 2.79. The normalized spacial score (nSPS) is 17.5. The zero-order chi connectivity index (χ0) is 22.0. The minimum Gasteiger partial charge on any atom is -0.489 e. The Hall–Kier alpha value is -2.41. The summed E-state index contributed by atoms with van der Waals surface area (Å²) in [6, 6.07) is 12.6. The summed E-state index contributed by atoms with van der Waals surface area (Å²) in [6.07, 6.45) is 1.93. The zero-order valence-electron chi connectivity index (χ0n) is 17.0. The molecule has 2 heterocycles. The number of thioether (sulfide) groups is 1. The summed E-state index contributed by atoms with van der Waals surface area (Å²) in [5.74, 6) is 0.279. The second-order valence-electron chi connectivity index (χ2n) is 6.89. The van der Waals surface area contributed by atoms with Gasteiger partial charge in [0.15, 0.2) is 5.17 Å². The number of halogens is 2. The lowest BCUT2D eigenvalue weighted by Gasteiger charge is -2.33. The van der Waals surface area contributed by atoms with Crippen molar-refractivity contribution in [2.24, 2.45) is 4.99 Å². The van der Waals surface area contributed by atoms with Crippen LogP contribution in [-0.2, 0) is 16.1 Å². The second-order valence-corrected chi connectivity index (χ2v) is 8.58. The molecular formula is C23H20Cl2N2O3S. The molecule has 0 fully saturated rings. The number of carbonyl (C=O) groups is 1. The number of ether oxygens (including phenoxy) is 2. The summed E-state index contributed by atoms with van der Waals surface area (Å²) in [7, 11) is 0. The van der Waals surface area contributed by atoms with Gasteiger partial charge in [-0.15, -0.1) is 0 Å². The van der Waals surface area contributed by atoms with Crippen molar-refractivity contribution < 1.29 is 14.3 Å². The molecule has 160 valence electrons. The van der Waals surface area contributed by atoms with Gasteiger partial charge in [0.05, 0.1) is 23.9 Å². The lowest BCUT2D eigenvalue weighted by Crippen LogP contribution is -2.34. The van der Waals surface area contributed by atoms with Crippen LogP contribution < -0.4 is 4.74 Å². The molecule has 8 heteroatoms. The van der Waals surface area contributed by atoms with Gasteiger partial charge in [0.2, 0.25) is 0 Å². The first-order valence-electron chi connectivity index (χ1n) is 9.73. The molecule has 0 amide bonds. The third-order valence-electron chi connectivity index (χ3n) is 4.93. The van der Waals surface area contributed by atoms with Gasteiger partial charge in [-0.05, 0) is 49.1 Å². The molecule has 2 aromatic rings. The average Bonchev–Trinajstić information content (AvgIpc) is 3.20. The first kappa shape index (κ1) is 21.8. The molecule has 2 aliphatic rings. The third kappa shape index (κ3) is 4.47. The summed E-state index contributed by atoms with van der Waals surface area (Å²) in [6.45, 7) is 4.16. The largest absolute Gasteiger partial charge is 0.489 e. The monoisotopic (exact) mass is 474 g/mol. The fourth-order valence-electron chi connectivity index (χ4n) is 3.50. The maximum atomic E-state index is 12.8. The molecule has 0 bridgehead atoms. The van der Waals surface area contributed by atoms with Crippen LogP contribution in [0, 0.1) is 0 Å². The average molecular weight is 475 g/mol. The van der Waals surface area contributed by atoms with Crippen molar-refractivity contribution in [1.29, 1.82) is 0 Å². The van der Waals surface area contributed by atoms with E-state index in [2.05, 4.69) is 4.99 Å². The molecule has 0 spiro atoms. The highest BCUT2D eigenvalue weighted by Crippen LogP contribution is 2.41. The van der Waals surface area contributed by atoms with Gasteiger partial charge >= 0.3 is 5.97 Å². The number of carbonyl (C=O) groups excluding carboxylic acids is 1. The van der Waals surface area contributed by atoms with Crippen LogP contribution in [0.3, 0.4) is 0 Å². The van der Waals surface area contributed by atoms with Gasteiger partial charge in [0.25, 0.3) is 0 Å². The predicted molar refractivity (Wildman–Crippen MR) is 125 cm³/mol. The summed E-state index contributed by atoms with van der Waals surface area (Å²) < 4.78 is 11.3. The Morgan fingerprint density at radius 2 is 1.94 bits per heavy atom. The Labute approximate surface area is 195 Å². The first-order valence-corrected chi connectivity index (χ1v) is 11.4. The number of hydrogen-bond donors (Lipinski definition) is 0. The molecule has 1 unspecified atom stereocenters. The van der Waals surface area contributed by atoms with Crippen LogP contribution >= 0.6 is 35.0 Å². The smallest absolute Gasteiger partial charge is 0.338 e. The van der Waals surface area contributed by atoms with Crippen molar-refractivity contribution in [2.75, 3.05) is 6.61 Å². The van der Waals surface area contributed by atoms with E-state index in [4.69, 9.17) is 32.7 Å². The van der Waals surface area contributed by atoms with Crippen molar-refractivity contribution in [3.63, 3.8) is 0 Å². The van der Waals surface area contributed by atoms with Crippen LogP contribution in [0.1, 0.15) is 31.0 Å². The molecule has 0 N–H and O–H groups in total. The van der Waals surface area contributed by atoms with E-state index in [1.54, 1.807) is 25.1 Å². The maximum absolute atomic E-state index is 12.8. The van der Waals surface area contributed by atoms with E-state index in [0.717, 1.165) is 16.3 Å². The molecule has 0 aromatic heterocycles. The number of nitrogens with zero attached hydrogens (tertiary/aromatic N) is 2. The van der Waals surface area contributed by atoms with Crippen molar-refractivity contribution in [3.05, 3.63) is 86.5 Å². The standard InChI is InChI=1S/C23H20Cl2N2O3S/c1-3-29-22(28)20-14(2)26-23-27(10-11-31-23)21(20)15-6-4-7-16(12-15)30-13-17-18(24)8-5-9-19(17)25/h4-12,21H,3,13H2,1-2H3. The van der Waals surface area contributed by atoms with Gasteiger partial charge in [-0.2, -0.15) is 0 Å². The van der Waals surface area contributed by atoms with Gasteiger partial charge in [-0.3, -0.25) is 0 Å². The number of allylic oxidation sites excluding steroid dienone is 1. The molecule has 0 saturated carbocycles. The van der Waals surface area contributed by atoms with Crippen LogP contribution in [0.4, 0.5) is 0 Å². The van der Waals surface area contributed by atoms with Gasteiger partial charge < -0.3 is 14.4 Å². The number of benzene rings is 2. The van der Waals surface area contributed by atoms with E-state index in [0.29, 0.717) is 33.7 Å². The van der Waals surface area contributed by atoms with E-state index >= 15 is 0 Å². The lowest BCUT2D eigenvalue weighted by atomic mass is 9.94. The molecule has 5 nitrogen and oxygen atoms in total. The summed E-state index contributed by atoms with van der Waals surface area (Å²) in [4.78, 5) is 19.3. The molecule has 0 saturated heterocycles. The van der Waals surface area contributed by atoms with E-state index in [1.807, 2.05) is 47.7 Å². The van der Waals surface area contributed by atoms with E-state index in [9.17, 15) is 4.79 Å². The molecule has 2 aromatic carbocycles. The number of rotatable bonds is 6. The molecule has 2 aliphatic heterocycles. The van der Waals surface area contributed by atoms with E-state index in [1.165, 1.54) is 11.8 Å². The maximum Gasteiger partial charge on any atom is 0.338 e. The summed E-state index contributed by atoms with van der Waals surface area (Å²) in [5, 5.41) is 3.88. The Kier molecular flexibility index (Phi) is 6.60. The fraction of sp³-hybridized carbons (Fsp3) is 0.217. The van der Waals surface area contributed by atoms with Gasteiger partial charge in [0.1, 0.15) is 12.4 Å². The number of aliphatic imine (C=N–C) groups is 1. The Bertz CT molecular complexity index is 1090. The van der Waals surface area contributed by atoms with Gasteiger partial charge in [-0.1, -0.05) is 53.2 Å². The molecule has 0 radical (unpaired) electrons. The molecular weight excluding hydrogens is 455 g/mol. The van der Waals surface area contributed by atoms with E-state index in [-0.39, 0.29) is 18.6 Å². The molecule has 31 heavy (non-hydrogen) atoms. The first-order chi connectivity index (χ1) is 15.0. The SMILES string of the molecule is CCOC(=O)C1=C(C)N=C2SC=CN2C1c1cccc(OCc2c(Cl)cccc2Cl)c1. The minimum atomic E-state index is -0.368. The topological polar surface area (TPSA) is 51.1 Å². The Morgan fingerprint density at radius 1 is 1.19 bits per heavy atom. The molecule has 1 atom stereocenters. The lowest BCUT2D eigenvalue weighted by molar-refractivity contribution is -0.139. The van der Waals surface area contributed by atoms with Gasteiger partial charge in [0, 0.05) is 21.8 Å². The summed E-state index contributed by atoms with van der Waals surface area (Å²) >= 11 is 14.0. The van der Waals surface area contributed by atoms with Crippen LogP contribution in [0.15, 0.2) is 70.3 Å². The number of esters is 1. The number of fused-ring (bicyclic) bond motifs is 1. The van der Waals surface area contributed by atoms with Crippen LogP contribution in [-0.4, -0.2) is 22.6 Å². The highest BCUT2D eigenvalue weighted by molar-refractivity contribution is 8.16. The Morgan fingerprint density at radius 3 is 2.68 bits per heavy atom. The van der Waals surface area contributed by atoms with Crippen molar-refractivity contribution in [1.82, 2.24) is 4.90 Å². The molecule has 4 rings (SSSR count). The fourth-order valence-corrected chi connectivity index (χ4v) is 4.80. The number of hydrogen-bond acceptors (Lipinski definition) is 6. The van der Waals surface area contributed by atoms with Crippen molar-refractivity contribution in [2.45, 2.75) is 26.5 Å². The van der Waals surface area contributed by atoms with Crippen LogP contribution in [0.2, 0.25) is 10.0 Å². The van der Waals surface area contributed by atoms with Crippen molar-refractivity contribution >= 4 is 46.1 Å². The number of amidine groups is 1. The quantitative estimate of drug-likeness (QED) is 0.457.